The normalized spacial score (nSPS) is 15.6. The summed E-state index contributed by atoms with van der Waals surface area (Å²) in [6, 6.07) is 29.3. The van der Waals surface area contributed by atoms with E-state index >= 15 is 0 Å². The maximum atomic E-state index is 7.33. The zero-order valence-electron chi connectivity index (χ0n) is 23.2. The van der Waals surface area contributed by atoms with Crippen molar-refractivity contribution in [2.45, 2.75) is 24.9 Å². The third kappa shape index (κ3) is 3.82. The van der Waals surface area contributed by atoms with Crippen molar-refractivity contribution in [3.63, 3.8) is 0 Å². The molecule has 0 N–H and O–H groups in total. The number of benzene rings is 5. The Kier molecular flexibility index (Phi) is 6.11. The van der Waals surface area contributed by atoms with Crippen molar-refractivity contribution in [1.29, 1.82) is 0 Å². The van der Waals surface area contributed by atoms with Crippen molar-refractivity contribution in [3.05, 3.63) is 128 Å². The van der Waals surface area contributed by atoms with E-state index in [1.54, 1.807) is 14.2 Å². The second-order valence-electron chi connectivity index (χ2n) is 11.1. The lowest BCUT2D eigenvalue weighted by Crippen LogP contribution is -2.35. The topological polar surface area (TPSA) is 27.7 Å². The highest BCUT2D eigenvalue weighted by Gasteiger charge is 2.45. The molecule has 0 aromatic heterocycles. The summed E-state index contributed by atoms with van der Waals surface area (Å²) < 4.78 is 20.4. The molecule has 0 unspecified atom stereocenters. The average Bonchev–Trinajstić information content (AvgIpc) is 3.23. The van der Waals surface area contributed by atoms with Crippen LogP contribution < -0.4 is 14.2 Å². The molecular weight excluding hydrogens is 640 g/mol. The van der Waals surface area contributed by atoms with Crippen LogP contribution in [0.4, 0.5) is 0 Å². The Labute approximate surface area is 257 Å². The first-order chi connectivity index (χ1) is 19.8. The van der Waals surface area contributed by atoms with Crippen LogP contribution in [0.3, 0.4) is 0 Å². The van der Waals surface area contributed by atoms with Crippen LogP contribution in [0.15, 0.2) is 100.0 Å². The van der Waals surface area contributed by atoms with E-state index in [0.717, 1.165) is 48.3 Å². The summed E-state index contributed by atoms with van der Waals surface area (Å²) in [4.78, 5) is 0. The van der Waals surface area contributed by atoms with Gasteiger partial charge in [-0.25, -0.2) is 0 Å². The predicted octanol–water partition coefficient (Wildman–Crippen LogP) is 10.0. The summed E-state index contributed by atoms with van der Waals surface area (Å²) in [5, 5.41) is 2.28. The summed E-state index contributed by atoms with van der Waals surface area (Å²) in [5.41, 5.74) is 7.18. The molecule has 1 aliphatic heterocycles. The minimum Gasteiger partial charge on any atom is -0.497 e. The number of ether oxygens (including phenoxy) is 3. The van der Waals surface area contributed by atoms with Gasteiger partial charge in [0.1, 0.15) is 17.2 Å². The molecule has 0 bridgehead atoms. The summed E-state index contributed by atoms with van der Waals surface area (Å²) >= 11 is 7.64. The standard InChI is InChI=1S/C36H28Br2O3/c1-35(2)32-29(19-23(37)20-30(32)38)31-26-7-5-6-8-27(26)34-28(33(31)35)17-18-36(41-34,21-9-13-24(39-3)14-10-21)22-11-15-25(40-4)16-12-22/h5-20H,1-4H3. The van der Waals surface area contributed by atoms with E-state index in [-0.39, 0.29) is 5.41 Å². The zero-order chi connectivity index (χ0) is 28.5. The lowest BCUT2D eigenvalue weighted by Gasteiger charge is -2.38. The van der Waals surface area contributed by atoms with Gasteiger partial charge in [-0.2, -0.15) is 0 Å². The second kappa shape index (κ2) is 9.50. The van der Waals surface area contributed by atoms with Crippen LogP contribution in [-0.2, 0) is 11.0 Å². The lowest BCUT2D eigenvalue weighted by molar-refractivity contribution is 0.163. The van der Waals surface area contributed by atoms with Gasteiger partial charge in [0.05, 0.1) is 14.2 Å². The lowest BCUT2D eigenvalue weighted by atomic mass is 9.77. The van der Waals surface area contributed by atoms with Crippen LogP contribution >= 0.6 is 31.9 Å². The maximum absolute atomic E-state index is 7.33. The van der Waals surface area contributed by atoms with E-state index in [1.165, 1.54) is 27.6 Å². The van der Waals surface area contributed by atoms with Crippen molar-refractivity contribution in [1.82, 2.24) is 0 Å². The molecule has 5 aromatic carbocycles. The molecule has 7 rings (SSSR count). The van der Waals surface area contributed by atoms with Gasteiger partial charge >= 0.3 is 0 Å². The molecule has 204 valence electrons. The summed E-state index contributed by atoms with van der Waals surface area (Å²) in [7, 11) is 3.37. The molecule has 0 amide bonds. The SMILES string of the molecule is COc1ccc(C2(c3ccc(OC)cc3)C=Cc3c4c(c5ccccc5c3O2)-c2cc(Br)cc(Br)c2C4(C)C)cc1. The predicted molar refractivity (Wildman–Crippen MR) is 173 cm³/mol. The minimum absolute atomic E-state index is 0.244. The van der Waals surface area contributed by atoms with Crippen LogP contribution in [0, 0.1) is 0 Å². The molecule has 0 fully saturated rings. The summed E-state index contributed by atoms with van der Waals surface area (Å²) in [6.45, 7) is 4.63. The molecule has 1 aliphatic carbocycles. The molecule has 41 heavy (non-hydrogen) atoms. The maximum Gasteiger partial charge on any atom is 0.178 e. The van der Waals surface area contributed by atoms with Gasteiger partial charge in [0.15, 0.2) is 5.60 Å². The van der Waals surface area contributed by atoms with E-state index in [1.807, 2.05) is 24.3 Å². The van der Waals surface area contributed by atoms with Gasteiger partial charge in [-0.15, -0.1) is 0 Å². The molecule has 2 aliphatic rings. The van der Waals surface area contributed by atoms with Crippen LogP contribution in [0.25, 0.3) is 28.0 Å². The van der Waals surface area contributed by atoms with Crippen LogP contribution in [0.1, 0.15) is 41.7 Å². The van der Waals surface area contributed by atoms with Gasteiger partial charge in [0, 0.05) is 36.4 Å². The van der Waals surface area contributed by atoms with Crippen molar-refractivity contribution in [3.8, 4) is 28.4 Å². The summed E-state index contributed by atoms with van der Waals surface area (Å²) in [5.74, 6) is 2.50. The van der Waals surface area contributed by atoms with Crippen LogP contribution in [0.2, 0.25) is 0 Å². The first-order valence-electron chi connectivity index (χ1n) is 13.5. The zero-order valence-corrected chi connectivity index (χ0v) is 26.4. The van der Waals surface area contributed by atoms with Crippen molar-refractivity contribution in [2.24, 2.45) is 0 Å². The van der Waals surface area contributed by atoms with Gasteiger partial charge in [-0.3, -0.25) is 0 Å². The van der Waals surface area contributed by atoms with E-state index < -0.39 is 5.60 Å². The quantitative estimate of drug-likeness (QED) is 0.191. The van der Waals surface area contributed by atoms with Crippen molar-refractivity contribution >= 4 is 48.7 Å². The number of hydrogen-bond donors (Lipinski definition) is 0. The minimum atomic E-state index is -0.845. The monoisotopic (exact) mass is 666 g/mol. The first-order valence-corrected chi connectivity index (χ1v) is 15.1. The van der Waals surface area contributed by atoms with Gasteiger partial charge < -0.3 is 14.2 Å². The highest BCUT2D eigenvalue weighted by molar-refractivity contribution is 9.11. The summed E-state index contributed by atoms with van der Waals surface area (Å²) in [6.07, 6.45) is 4.48. The number of halogens is 2. The molecule has 0 spiro atoms. The smallest absolute Gasteiger partial charge is 0.178 e. The van der Waals surface area contributed by atoms with E-state index in [4.69, 9.17) is 14.2 Å². The Balaban J connectivity index is 1.54. The van der Waals surface area contributed by atoms with Gasteiger partial charge in [0.25, 0.3) is 0 Å². The molecule has 3 nitrogen and oxygen atoms in total. The Morgan fingerprint density at radius 3 is 1.88 bits per heavy atom. The number of hydrogen-bond acceptors (Lipinski definition) is 3. The number of fused-ring (bicyclic) bond motifs is 8. The fraction of sp³-hybridized carbons (Fsp3) is 0.167. The van der Waals surface area contributed by atoms with E-state index in [9.17, 15) is 0 Å². The fourth-order valence-corrected chi connectivity index (χ4v) is 8.43. The van der Waals surface area contributed by atoms with Crippen molar-refractivity contribution in [2.75, 3.05) is 14.2 Å². The van der Waals surface area contributed by atoms with Crippen molar-refractivity contribution < 1.29 is 14.2 Å². The van der Waals surface area contributed by atoms with Gasteiger partial charge in [-0.05, 0) is 70.1 Å². The fourth-order valence-electron chi connectivity index (χ4n) is 6.71. The Hall–Kier alpha value is -3.54. The van der Waals surface area contributed by atoms with Crippen LogP contribution in [-0.4, -0.2) is 14.2 Å². The number of methoxy groups -OCH3 is 2. The van der Waals surface area contributed by atoms with Crippen LogP contribution in [0.5, 0.6) is 17.2 Å². The molecule has 0 saturated carbocycles. The average molecular weight is 668 g/mol. The van der Waals surface area contributed by atoms with Gasteiger partial charge in [0.2, 0.25) is 0 Å². The number of rotatable bonds is 4. The highest BCUT2D eigenvalue weighted by Crippen LogP contribution is 2.59. The van der Waals surface area contributed by atoms with E-state index in [2.05, 4.69) is 119 Å². The Bertz CT molecular complexity index is 1820. The molecule has 0 atom stereocenters. The molecule has 5 aromatic rings. The molecule has 1 heterocycles. The molecule has 5 heteroatoms. The first kappa shape index (κ1) is 26.4. The van der Waals surface area contributed by atoms with Gasteiger partial charge in [-0.1, -0.05) is 100 Å². The Morgan fingerprint density at radius 2 is 1.29 bits per heavy atom. The second-order valence-corrected chi connectivity index (χ2v) is 12.9. The third-order valence-corrected chi connectivity index (χ3v) is 9.65. The molecule has 0 radical (unpaired) electrons. The largest absolute Gasteiger partial charge is 0.497 e. The third-order valence-electron chi connectivity index (χ3n) is 8.56. The van der Waals surface area contributed by atoms with E-state index in [0.29, 0.717) is 0 Å². The Morgan fingerprint density at radius 1 is 0.707 bits per heavy atom. The molecule has 0 saturated heterocycles. The highest BCUT2D eigenvalue weighted by atomic mass is 79.9. The molecular formula is C36H28Br2O3.